The normalized spacial score (nSPS) is 21.2. The van der Waals surface area contributed by atoms with Crippen LogP contribution < -0.4 is 0 Å². The summed E-state index contributed by atoms with van der Waals surface area (Å²) in [7, 11) is 0. The van der Waals surface area contributed by atoms with Crippen molar-refractivity contribution in [2.75, 3.05) is 13.1 Å². The third-order valence-corrected chi connectivity index (χ3v) is 3.99. The molecule has 1 aliphatic heterocycles. The van der Waals surface area contributed by atoms with Crippen molar-refractivity contribution in [1.29, 1.82) is 0 Å². The highest BCUT2D eigenvalue weighted by Crippen LogP contribution is 2.25. The standard InChI is InChI=1S/C14H25NO3/c1-9(2)12(10(3)4)8-15-7-11(14(17)18)5-6-13(15)16/h9-12H,5-8H2,1-4H3,(H,17,18). The smallest absolute Gasteiger partial charge is 0.308 e. The molecule has 1 fully saturated rings. The van der Waals surface area contributed by atoms with E-state index in [1.807, 2.05) is 0 Å². The van der Waals surface area contributed by atoms with Crippen LogP contribution in [0.1, 0.15) is 40.5 Å². The number of carboxylic acid groups (broad SMARTS) is 1. The van der Waals surface area contributed by atoms with Gasteiger partial charge >= 0.3 is 5.97 Å². The monoisotopic (exact) mass is 255 g/mol. The van der Waals surface area contributed by atoms with E-state index in [2.05, 4.69) is 27.7 Å². The molecule has 0 saturated carbocycles. The number of carboxylic acids is 1. The number of nitrogens with zero attached hydrogens (tertiary/aromatic N) is 1. The van der Waals surface area contributed by atoms with Crippen LogP contribution in [0.2, 0.25) is 0 Å². The zero-order chi connectivity index (χ0) is 13.9. The lowest BCUT2D eigenvalue weighted by Gasteiger charge is -2.36. The van der Waals surface area contributed by atoms with Crippen LogP contribution in [0.15, 0.2) is 0 Å². The first-order chi connectivity index (χ1) is 8.32. The summed E-state index contributed by atoms with van der Waals surface area (Å²) in [5.74, 6) is 0.382. The molecular weight excluding hydrogens is 230 g/mol. The topological polar surface area (TPSA) is 57.6 Å². The number of likely N-dealkylation sites (tertiary alicyclic amines) is 1. The van der Waals surface area contributed by atoms with Crippen molar-refractivity contribution in [2.45, 2.75) is 40.5 Å². The Bertz CT molecular complexity index is 304. The molecule has 18 heavy (non-hydrogen) atoms. The van der Waals surface area contributed by atoms with E-state index in [1.165, 1.54) is 0 Å². The van der Waals surface area contributed by atoms with Gasteiger partial charge in [-0.25, -0.2) is 0 Å². The van der Waals surface area contributed by atoms with Gasteiger partial charge in [0.25, 0.3) is 0 Å². The van der Waals surface area contributed by atoms with Crippen LogP contribution in [0.25, 0.3) is 0 Å². The summed E-state index contributed by atoms with van der Waals surface area (Å²) < 4.78 is 0. The summed E-state index contributed by atoms with van der Waals surface area (Å²) in [6.45, 7) is 9.71. The number of amides is 1. The number of aliphatic carboxylic acids is 1. The third kappa shape index (κ3) is 3.72. The highest BCUT2D eigenvalue weighted by Gasteiger charge is 2.32. The average Bonchev–Trinajstić information content (AvgIpc) is 2.26. The predicted octanol–water partition coefficient (Wildman–Crippen LogP) is 2.24. The minimum absolute atomic E-state index is 0.110. The molecule has 1 N–H and O–H groups in total. The van der Waals surface area contributed by atoms with Crippen molar-refractivity contribution < 1.29 is 14.7 Å². The Kier molecular flexibility index (Phi) is 5.17. The van der Waals surface area contributed by atoms with Crippen molar-refractivity contribution in [3.63, 3.8) is 0 Å². The number of carbonyl (C=O) groups is 2. The lowest BCUT2D eigenvalue weighted by Crippen LogP contribution is -2.46. The molecular formula is C14H25NO3. The Balaban J connectivity index is 2.68. The Morgan fingerprint density at radius 1 is 1.33 bits per heavy atom. The molecule has 1 amide bonds. The highest BCUT2D eigenvalue weighted by atomic mass is 16.4. The summed E-state index contributed by atoms with van der Waals surface area (Å²) in [6.07, 6.45) is 0.860. The quantitative estimate of drug-likeness (QED) is 0.819. The third-order valence-electron chi connectivity index (χ3n) is 3.99. The molecule has 0 aromatic rings. The van der Waals surface area contributed by atoms with Gasteiger partial charge in [-0.05, 0) is 24.2 Å². The van der Waals surface area contributed by atoms with Gasteiger partial charge in [-0.1, -0.05) is 27.7 Å². The second-order valence-electron chi connectivity index (χ2n) is 6.02. The fourth-order valence-electron chi connectivity index (χ4n) is 2.74. The molecule has 0 radical (unpaired) electrons. The summed E-state index contributed by atoms with van der Waals surface area (Å²) in [5, 5.41) is 9.06. The Morgan fingerprint density at radius 2 is 1.89 bits per heavy atom. The Hall–Kier alpha value is -1.06. The largest absolute Gasteiger partial charge is 0.481 e. The molecule has 1 saturated heterocycles. The van der Waals surface area contributed by atoms with Crippen LogP contribution >= 0.6 is 0 Å². The SMILES string of the molecule is CC(C)C(CN1CC(C(=O)O)CCC1=O)C(C)C. The number of carbonyl (C=O) groups excluding carboxylic acids is 1. The van der Waals surface area contributed by atoms with E-state index in [1.54, 1.807) is 4.90 Å². The van der Waals surface area contributed by atoms with E-state index in [-0.39, 0.29) is 11.8 Å². The lowest BCUT2D eigenvalue weighted by molar-refractivity contribution is -0.147. The van der Waals surface area contributed by atoms with E-state index >= 15 is 0 Å². The summed E-state index contributed by atoms with van der Waals surface area (Å²) >= 11 is 0. The molecule has 1 unspecified atom stereocenters. The average molecular weight is 255 g/mol. The zero-order valence-corrected chi connectivity index (χ0v) is 11.8. The van der Waals surface area contributed by atoms with Crippen molar-refractivity contribution in [2.24, 2.45) is 23.7 Å². The molecule has 0 aliphatic carbocycles. The number of rotatable bonds is 5. The van der Waals surface area contributed by atoms with Crippen molar-refractivity contribution in [3.8, 4) is 0 Å². The molecule has 4 nitrogen and oxygen atoms in total. The molecule has 0 bridgehead atoms. The van der Waals surface area contributed by atoms with Gasteiger partial charge in [0, 0.05) is 19.5 Å². The number of piperidine rings is 1. The van der Waals surface area contributed by atoms with E-state index in [0.717, 1.165) is 0 Å². The summed E-state index contributed by atoms with van der Waals surface area (Å²) in [4.78, 5) is 24.7. The maximum atomic E-state index is 11.9. The van der Waals surface area contributed by atoms with Crippen LogP contribution in [0.5, 0.6) is 0 Å². The van der Waals surface area contributed by atoms with E-state index in [4.69, 9.17) is 5.11 Å². The van der Waals surface area contributed by atoms with E-state index < -0.39 is 5.97 Å². The molecule has 1 heterocycles. The Morgan fingerprint density at radius 3 is 2.33 bits per heavy atom. The second-order valence-corrected chi connectivity index (χ2v) is 6.02. The zero-order valence-electron chi connectivity index (χ0n) is 11.8. The lowest BCUT2D eigenvalue weighted by atomic mass is 9.84. The van der Waals surface area contributed by atoms with Gasteiger partial charge in [0.1, 0.15) is 0 Å². The summed E-state index contributed by atoms with van der Waals surface area (Å²) in [5.41, 5.74) is 0. The van der Waals surface area contributed by atoms with E-state index in [0.29, 0.717) is 43.7 Å². The maximum absolute atomic E-state index is 11.9. The fourth-order valence-corrected chi connectivity index (χ4v) is 2.74. The fraction of sp³-hybridized carbons (Fsp3) is 0.857. The summed E-state index contributed by atoms with van der Waals surface area (Å²) in [6, 6.07) is 0. The first kappa shape index (κ1) is 15.0. The Labute approximate surface area is 109 Å². The van der Waals surface area contributed by atoms with Crippen LogP contribution in [-0.4, -0.2) is 35.0 Å². The van der Waals surface area contributed by atoms with Gasteiger partial charge < -0.3 is 10.0 Å². The van der Waals surface area contributed by atoms with Crippen LogP contribution in [0.4, 0.5) is 0 Å². The van der Waals surface area contributed by atoms with Gasteiger partial charge in [0.05, 0.1) is 5.92 Å². The van der Waals surface area contributed by atoms with Crippen LogP contribution in [0.3, 0.4) is 0 Å². The van der Waals surface area contributed by atoms with Gasteiger partial charge in [0.2, 0.25) is 5.91 Å². The van der Waals surface area contributed by atoms with Crippen molar-refractivity contribution >= 4 is 11.9 Å². The predicted molar refractivity (Wildman–Crippen MR) is 70.1 cm³/mol. The number of hydrogen-bond acceptors (Lipinski definition) is 2. The molecule has 0 aromatic carbocycles. The minimum Gasteiger partial charge on any atom is -0.481 e. The first-order valence-corrected chi connectivity index (χ1v) is 6.83. The minimum atomic E-state index is -0.779. The molecule has 1 rings (SSSR count). The molecule has 0 spiro atoms. The van der Waals surface area contributed by atoms with Gasteiger partial charge in [-0.2, -0.15) is 0 Å². The first-order valence-electron chi connectivity index (χ1n) is 6.83. The highest BCUT2D eigenvalue weighted by molar-refractivity contribution is 5.80. The maximum Gasteiger partial charge on any atom is 0.308 e. The second kappa shape index (κ2) is 6.21. The molecule has 104 valence electrons. The molecule has 1 aliphatic rings. The van der Waals surface area contributed by atoms with Crippen molar-refractivity contribution in [1.82, 2.24) is 4.90 Å². The van der Waals surface area contributed by atoms with Gasteiger partial charge in [-0.3, -0.25) is 9.59 Å². The molecule has 0 aromatic heterocycles. The molecule has 1 atom stereocenters. The van der Waals surface area contributed by atoms with Crippen molar-refractivity contribution in [3.05, 3.63) is 0 Å². The van der Waals surface area contributed by atoms with E-state index in [9.17, 15) is 9.59 Å². The number of hydrogen-bond donors (Lipinski definition) is 1. The van der Waals surface area contributed by atoms with Gasteiger partial charge in [-0.15, -0.1) is 0 Å². The molecule has 4 heteroatoms. The van der Waals surface area contributed by atoms with Crippen LogP contribution in [-0.2, 0) is 9.59 Å². The van der Waals surface area contributed by atoms with Gasteiger partial charge in [0.15, 0.2) is 0 Å². The van der Waals surface area contributed by atoms with Crippen LogP contribution in [0, 0.1) is 23.7 Å².